The van der Waals surface area contributed by atoms with Crippen LogP contribution in [0, 0.1) is 0 Å². The Hall–Kier alpha value is -2.15. The molecule has 1 aromatic rings. The zero-order valence-electron chi connectivity index (χ0n) is 31.6. The Kier molecular flexibility index (Phi) is 36.9. The number of benzene rings is 1. The molecule has 0 radical (unpaired) electrons. The average Bonchev–Trinajstić information content (AvgIpc) is 3.15. The molecule has 0 aliphatic heterocycles. The van der Waals surface area contributed by atoms with E-state index < -0.39 is 0 Å². The van der Waals surface area contributed by atoms with Crippen LogP contribution < -0.4 is 10.5 Å². The third-order valence-electron chi connectivity index (χ3n) is 6.85. The van der Waals surface area contributed by atoms with Crippen molar-refractivity contribution >= 4 is 11.7 Å². The van der Waals surface area contributed by atoms with Crippen molar-refractivity contribution < 1.29 is 66.4 Å². The smallest absolute Gasteiger partial charge is 0.305 e. The molecule has 1 rings (SSSR count). The quantitative estimate of drug-likeness (QED) is 0.0588. The molecule has 0 saturated heterocycles. The molecule has 0 unspecified atom stereocenters. The summed E-state index contributed by atoms with van der Waals surface area (Å²) in [5.74, 6) is 0.511. The standard InChI is InChI=1S/C37H67NO14/c1-2-3-4-5-10-37(39)52-34-32-50-30-28-48-26-24-46-22-20-44-18-16-42-14-12-40-11-13-41-15-17-43-19-21-45-23-25-47-27-29-49-31-33-51-36-9-7-6-8-35(36)38/h6-9H,2-5,10-34,38H2,1H3. The van der Waals surface area contributed by atoms with Gasteiger partial charge in [-0.1, -0.05) is 38.3 Å². The normalized spacial score (nSPS) is 11.3. The molecule has 0 spiro atoms. The van der Waals surface area contributed by atoms with Gasteiger partial charge in [0.05, 0.1) is 151 Å². The molecule has 0 atom stereocenters. The summed E-state index contributed by atoms with van der Waals surface area (Å²) in [7, 11) is 0. The fourth-order valence-electron chi connectivity index (χ4n) is 4.11. The first kappa shape index (κ1) is 47.9. The Balaban J connectivity index is 1.63. The van der Waals surface area contributed by atoms with Crippen molar-refractivity contribution in [2.75, 3.05) is 164 Å². The number of esters is 1. The van der Waals surface area contributed by atoms with E-state index in [9.17, 15) is 4.79 Å². The van der Waals surface area contributed by atoms with Gasteiger partial charge in [-0.25, -0.2) is 0 Å². The Morgan fingerprint density at radius 1 is 0.442 bits per heavy atom. The van der Waals surface area contributed by atoms with Gasteiger partial charge >= 0.3 is 5.97 Å². The van der Waals surface area contributed by atoms with Crippen LogP contribution in [0.15, 0.2) is 24.3 Å². The maximum atomic E-state index is 11.6. The lowest BCUT2D eigenvalue weighted by molar-refractivity contribution is -0.145. The van der Waals surface area contributed by atoms with Crippen LogP contribution in [0.2, 0.25) is 0 Å². The van der Waals surface area contributed by atoms with Gasteiger partial charge in [0.25, 0.3) is 0 Å². The molecular weight excluding hydrogens is 682 g/mol. The highest BCUT2D eigenvalue weighted by Crippen LogP contribution is 2.19. The first-order valence-corrected chi connectivity index (χ1v) is 18.7. The van der Waals surface area contributed by atoms with Crippen molar-refractivity contribution in [2.45, 2.75) is 39.0 Å². The molecule has 0 saturated carbocycles. The van der Waals surface area contributed by atoms with Crippen LogP contribution in [0.25, 0.3) is 0 Å². The Bertz CT molecular complexity index is 885. The monoisotopic (exact) mass is 749 g/mol. The molecule has 1 aromatic carbocycles. The molecule has 0 bridgehead atoms. The first-order chi connectivity index (χ1) is 25.7. The number of hydrogen-bond acceptors (Lipinski definition) is 15. The summed E-state index contributed by atoms with van der Waals surface area (Å²) in [4.78, 5) is 11.6. The summed E-state index contributed by atoms with van der Waals surface area (Å²) in [6.07, 6.45) is 4.75. The maximum absolute atomic E-state index is 11.6. The number of unbranched alkanes of at least 4 members (excludes halogenated alkanes) is 3. The number of rotatable bonds is 42. The van der Waals surface area contributed by atoms with E-state index in [1.165, 1.54) is 0 Å². The van der Waals surface area contributed by atoms with Crippen molar-refractivity contribution in [1.82, 2.24) is 0 Å². The summed E-state index contributed by atoms with van der Waals surface area (Å²) >= 11 is 0. The second kappa shape index (κ2) is 40.0. The van der Waals surface area contributed by atoms with Gasteiger partial charge in [0, 0.05) is 6.42 Å². The first-order valence-electron chi connectivity index (χ1n) is 18.7. The Morgan fingerprint density at radius 3 is 1.12 bits per heavy atom. The zero-order valence-corrected chi connectivity index (χ0v) is 31.6. The van der Waals surface area contributed by atoms with E-state index in [-0.39, 0.29) is 12.6 Å². The number of hydrogen-bond donors (Lipinski definition) is 1. The second-order valence-electron chi connectivity index (χ2n) is 11.2. The van der Waals surface area contributed by atoms with Gasteiger partial charge in [-0.3, -0.25) is 4.79 Å². The fraction of sp³-hybridized carbons (Fsp3) is 0.811. The van der Waals surface area contributed by atoms with E-state index in [4.69, 9.17) is 67.3 Å². The van der Waals surface area contributed by atoms with E-state index in [1.807, 2.05) is 18.2 Å². The molecule has 0 heterocycles. The highest BCUT2D eigenvalue weighted by atomic mass is 16.6. The summed E-state index contributed by atoms with van der Waals surface area (Å²) < 4.78 is 70.9. The summed E-state index contributed by atoms with van der Waals surface area (Å²) in [6.45, 7) is 13.5. The molecule has 15 nitrogen and oxygen atoms in total. The van der Waals surface area contributed by atoms with Crippen molar-refractivity contribution in [3.8, 4) is 5.75 Å². The molecule has 52 heavy (non-hydrogen) atoms. The SMILES string of the molecule is CCCCCCC(=O)OCCOCCOCCOCCOCCOCCOCCOCCOCCOCCOCCOCCOc1ccccc1N. The molecule has 304 valence electrons. The summed E-state index contributed by atoms with van der Waals surface area (Å²) in [5, 5.41) is 0. The Morgan fingerprint density at radius 2 is 0.769 bits per heavy atom. The number of carbonyl (C=O) groups excluding carboxylic acids is 1. The zero-order chi connectivity index (χ0) is 37.3. The number of carbonyl (C=O) groups is 1. The second-order valence-corrected chi connectivity index (χ2v) is 11.2. The molecule has 0 aliphatic carbocycles. The lowest BCUT2D eigenvalue weighted by atomic mass is 10.2. The highest BCUT2D eigenvalue weighted by molar-refractivity contribution is 5.69. The molecule has 2 N–H and O–H groups in total. The van der Waals surface area contributed by atoms with Crippen LogP contribution in [0.5, 0.6) is 5.75 Å². The van der Waals surface area contributed by atoms with Crippen molar-refractivity contribution in [1.29, 1.82) is 0 Å². The van der Waals surface area contributed by atoms with Crippen LogP contribution in [0.3, 0.4) is 0 Å². The van der Waals surface area contributed by atoms with Gasteiger partial charge in [0.15, 0.2) is 0 Å². The van der Waals surface area contributed by atoms with Gasteiger partial charge in [0.1, 0.15) is 19.0 Å². The van der Waals surface area contributed by atoms with Gasteiger partial charge in [0.2, 0.25) is 0 Å². The van der Waals surface area contributed by atoms with Crippen LogP contribution >= 0.6 is 0 Å². The molecule has 0 fully saturated rings. The largest absolute Gasteiger partial charge is 0.489 e. The predicted molar refractivity (Wildman–Crippen MR) is 195 cm³/mol. The fourth-order valence-corrected chi connectivity index (χ4v) is 4.11. The van der Waals surface area contributed by atoms with E-state index in [1.54, 1.807) is 6.07 Å². The van der Waals surface area contributed by atoms with Gasteiger partial charge in [-0.15, -0.1) is 0 Å². The highest BCUT2D eigenvalue weighted by Gasteiger charge is 2.03. The number of anilines is 1. The van der Waals surface area contributed by atoms with Crippen molar-refractivity contribution in [3.05, 3.63) is 24.3 Å². The molecule has 0 amide bonds. The topological polar surface area (TPSA) is 163 Å². The van der Waals surface area contributed by atoms with E-state index >= 15 is 0 Å². The van der Waals surface area contributed by atoms with Crippen LogP contribution in [0.1, 0.15) is 39.0 Å². The lowest BCUT2D eigenvalue weighted by Crippen LogP contribution is -2.16. The number of para-hydroxylation sites is 2. The number of nitrogen functional groups attached to an aromatic ring is 1. The predicted octanol–water partition coefficient (Wildman–Crippen LogP) is 3.34. The van der Waals surface area contributed by atoms with E-state index in [0.29, 0.717) is 170 Å². The Labute approximate surface area is 311 Å². The minimum atomic E-state index is -0.155. The van der Waals surface area contributed by atoms with Crippen LogP contribution in [-0.4, -0.2) is 165 Å². The average molecular weight is 750 g/mol. The maximum Gasteiger partial charge on any atom is 0.305 e. The van der Waals surface area contributed by atoms with Gasteiger partial charge < -0.3 is 67.3 Å². The third kappa shape index (κ3) is 34.9. The van der Waals surface area contributed by atoms with E-state index in [0.717, 1.165) is 25.7 Å². The summed E-state index contributed by atoms with van der Waals surface area (Å²) in [6, 6.07) is 7.37. The van der Waals surface area contributed by atoms with E-state index in [2.05, 4.69) is 6.92 Å². The van der Waals surface area contributed by atoms with Crippen LogP contribution in [0.4, 0.5) is 5.69 Å². The minimum absolute atomic E-state index is 0.155. The van der Waals surface area contributed by atoms with Gasteiger partial charge in [-0.05, 0) is 18.6 Å². The molecule has 15 heteroatoms. The molecule has 0 aliphatic rings. The minimum Gasteiger partial charge on any atom is -0.489 e. The van der Waals surface area contributed by atoms with Gasteiger partial charge in [-0.2, -0.15) is 0 Å². The lowest BCUT2D eigenvalue weighted by Gasteiger charge is -2.10. The molecular formula is C37H67NO14. The number of nitrogens with two attached hydrogens (primary N) is 1. The van der Waals surface area contributed by atoms with Crippen molar-refractivity contribution in [3.63, 3.8) is 0 Å². The third-order valence-corrected chi connectivity index (χ3v) is 6.85. The molecule has 0 aromatic heterocycles. The van der Waals surface area contributed by atoms with Crippen molar-refractivity contribution in [2.24, 2.45) is 0 Å². The van der Waals surface area contributed by atoms with Crippen LogP contribution in [-0.2, 0) is 61.6 Å². The summed E-state index contributed by atoms with van der Waals surface area (Å²) in [5.41, 5.74) is 6.44. The number of ether oxygens (including phenoxy) is 13.